The minimum absolute atomic E-state index is 0.0139. The maximum Gasteiger partial charge on any atom is 0.240 e. The second-order valence-corrected chi connectivity index (χ2v) is 7.34. The Kier molecular flexibility index (Phi) is 5.93. The van der Waals surface area contributed by atoms with Crippen LogP contribution in [0.4, 0.5) is 10.1 Å². The molecule has 0 fully saturated rings. The summed E-state index contributed by atoms with van der Waals surface area (Å²) in [5.41, 5.74) is 0.795. The third-order valence-electron chi connectivity index (χ3n) is 3.15. The summed E-state index contributed by atoms with van der Waals surface area (Å²) >= 11 is 5.76. The van der Waals surface area contributed by atoms with Crippen LogP contribution in [0.15, 0.2) is 47.4 Å². The molecule has 2 rings (SSSR count). The summed E-state index contributed by atoms with van der Waals surface area (Å²) in [6, 6.07) is 10.2. The normalized spacial score (nSPS) is 11.3. The smallest absolute Gasteiger partial charge is 0.240 e. The summed E-state index contributed by atoms with van der Waals surface area (Å²) in [6.07, 6.45) is -0.132. The second-order valence-electron chi connectivity index (χ2n) is 5.14. The number of anilines is 1. The van der Waals surface area contributed by atoms with Gasteiger partial charge in [-0.15, -0.1) is 0 Å². The number of aryl methyl sites for hydroxylation is 1. The van der Waals surface area contributed by atoms with Gasteiger partial charge in [0.15, 0.2) is 0 Å². The van der Waals surface area contributed by atoms with Crippen molar-refractivity contribution in [3.8, 4) is 0 Å². The van der Waals surface area contributed by atoms with E-state index in [1.807, 2.05) is 0 Å². The monoisotopic (exact) mass is 370 g/mol. The number of benzene rings is 2. The second kappa shape index (κ2) is 7.74. The lowest BCUT2D eigenvalue weighted by Crippen LogP contribution is -2.28. The first-order valence-corrected chi connectivity index (χ1v) is 8.95. The van der Waals surface area contributed by atoms with Gasteiger partial charge in [-0.25, -0.2) is 17.5 Å². The Balaban J connectivity index is 1.90. The maximum atomic E-state index is 13.6. The third kappa shape index (κ3) is 5.02. The average molecular weight is 371 g/mol. The van der Waals surface area contributed by atoms with Gasteiger partial charge in [0.1, 0.15) is 5.82 Å². The molecule has 2 N–H and O–H groups in total. The highest BCUT2D eigenvalue weighted by molar-refractivity contribution is 7.89. The molecular weight excluding hydrogens is 355 g/mol. The van der Waals surface area contributed by atoms with Crippen molar-refractivity contribution in [1.29, 1.82) is 0 Å². The lowest BCUT2D eigenvalue weighted by atomic mass is 10.2. The van der Waals surface area contributed by atoms with E-state index < -0.39 is 21.7 Å². The predicted molar refractivity (Wildman–Crippen MR) is 91.0 cm³/mol. The molecule has 0 atom stereocenters. The number of amides is 1. The van der Waals surface area contributed by atoms with E-state index in [2.05, 4.69) is 10.0 Å². The van der Waals surface area contributed by atoms with Crippen molar-refractivity contribution >= 4 is 33.2 Å². The third-order valence-corrected chi connectivity index (χ3v) is 4.84. The molecule has 0 bridgehead atoms. The number of hydrogen-bond donors (Lipinski definition) is 2. The Bertz CT molecular complexity index is 856. The van der Waals surface area contributed by atoms with Crippen molar-refractivity contribution in [2.75, 3.05) is 11.9 Å². The van der Waals surface area contributed by atoms with Gasteiger partial charge in [0, 0.05) is 18.0 Å². The molecule has 0 aromatic heterocycles. The van der Waals surface area contributed by atoms with Gasteiger partial charge in [0.2, 0.25) is 15.9 Å². The van der Waals surface area contributed by atoms with Crippen LogP contribution in [0.1, 0.15) is 12.0 Å². The molecule has 0 spiro atoms. The molecule has 2 aromatic carbocycles. The largest absolute Gasteiger partial charge is 0.324 e. The zero-order chi connectivity index (χ0) is 17.7. The van der Waals surface area contributed by atoms with E-state index in [-0.39, 0.29) is 23.5 Å². The fourth-order valence-corrected chi connectivity index (χ4v) is 3.28. The zero-order valence-corrected chi connectivity index (χ0v) is 14.4. The van der Waals surface area contributed by atoms with Crippen molar-refractivity contribution in [2.24, 2.45) is 0 Å². The van der Waals surface area contributed by atoms with Gasteiger partial charge < -0.3 is 5.32 Å². The topological polar surface area (TPSA) is 75.3 Å². The highest BCUT2D eigenvalue weighted by atomic mass is 35.5. The van der Waals surface area contributed by atoms with Crippen LogP contribution in [0.5, 0.6) is 0 Å². The van der Waals surface area contributed by atoms with Crippen LogP contribution >= 0.6 is 11.6 Å². The van der Waals surface area contributed by atoms with Crippen molar-refractivity contribution in [1.82, 2.24) is 4.72 Å². The average Bonchev–Trinajstić information content (AvgIpc) is 2.50. The van der Waals surface area contributed by atoms with E-state index in [1.54, 1.807) is 19.1 Å². The standard InChI is InChI=1S/C16H16ClFN2O3S/c1-11-5-6-15(14(18)9-11)20-16(21)7-8-19-24(22,23)13-4-2-3-12(17)10-13/h2-6,9-10,19H,7-8H2,1H3,(H,20,21). The van der Waals surface area contributed by atoms with Crippen molar-refractivity contribution in [3.63, 3.8) is 0 Å². The lowest BCUT2D eigenvalue weighted by molar-refractivity contribution is -0.116. The minimum Gasteiger partial charge on any atom is -0.324 e. The summed E-state index contributed by atoms with van der Waals surface area (Å²) in [6.45, 7) is 1.62. The van der Waals surface area contributed by atoms with Gasteiger partial charge in [0.25, 0.3) is 0 Å². The van der Waals surface area contributed by atoms with Gasteiger partial charge in [-0.05, 0) is 42.8 Å². The molecule has 0 saturated heterocycles. The van der Waals surface area contributed by atoms with Crippen LogP contribution < -0.4 is 10.0 Å². The molecule has 0 unspecified atom stereocenters. The number of halogens is 2. The van der Waals surface area contributed by atoms with Crippen LogP contribution in [0.2, 0.25) is 5.02 Å². The molecule has 0 aliphatic heterocycles. The quantitative estimate of drug-likeness (QED) is 0.820. The molecule has 0 heterocycles. The van der Waals surface area contributed by atoms with Crippen molar-refractivity contribution in [2.45, 2.75) is 18.2 Å². The van der Waals surface area contributed by atoms with Crippen LogP contribution in [-0.2, 0) is 14.8 Å². The van der Waals surface area contributed by atoms with Crippen molar-refractivity contribution < 1.29 is 17.6 Å². The molecule has 24 heavy (non-hydrogen) atoms. The first-order chi connectivity index (χ1) is 11.3. The Morgan fingerprint density at radius 1 is 1.21 bits per heavy atom. The van der Waals surface area contributed by atoms with Crippen molar-refractivity contribution in [3.05, 3.63) is 58.9 Å². The number of carbonyl (C=O) groups excluding carboxylic acids is 1. The number of sulfonamides is 1. The zero-order valence-electron chi connectivity index (χ0n) is 12.8. The van der Waals surface area contributed by atoms with Gasteiger partial charge in [0.05, 0.1) is 10.6 Å². The van der Waals surface area contributed by atoms with E-state index in [0.717, 1.165) is 5.56 Å². The Morgan fingerprint density at radius 3 is 2.62 bits per heavy atom. The van der Waals surface area contributed by atoms with Crippen LogP contribution in [0.3, 0.4) is 0 Å². The number of carbonyl (C=O) groups is 1. The molecule has 0 aliphatic rings. The molecule has 1 amide bonds. The summed E-state index contributed by atoms with van der Waals surface area (Å²) in [7, 11) is -3.75. The summed E-state index contributed by atoms with van der Waals surface area (Å²) < 4.78 is 40.1. The van der Waals surface area contributed by atoms with E-state index >= 15 is 0 Å². The Hall–Kier alpha value is -1.96. The van der Waals surface area contributed by atoms with Gasteiger partial charge in [-0.1, -0.05) is 23.7 Å². The van der Waals surface area contributed by atoms with Gasteiger partial charge in [-0.3, -0.25) is 4.79 Å². The van der Waals surface area contributed by atoms with Gasteiger partial charge >= 0.3 is 0 Å². The molecular formula is C16H16ClFN2O3S. The Morgan fingerprint density at radius 2 is 1.96 bits per heavy atom. The van der Waals surface area contributed by atoms with Crippen LogP contribution in [0.25, 0.3) is 0 Å². The molecule has 5 nitrogen and oxygen atoms in total. The molecule has 0 saturated carbocycles. The van der Waals surface area contributed by atoms with E-state index in [9.17, 15) is 17.6 Å². The molecule has 2 aromatic rings. The van der Waals surface area contributed by atoms with E-state index in [0.29, 0.717) is 5.02 Å². The molecule has 128 valence electrons. The SMILES string of the molecule is Cc1ccc(NC(=O)CCNS(=O)(=O)c2cccc(Cl)c2)c(F)c1. The maximum absolute atomic E-state index is 13.6. The number of nitrogens with one attached hydrogen (secondary N) is 2. The van der Waals surface area contributed by atoms with Crippen LogP contribution in [-0.4, -0.2) is 20.9 Å². The first kappa shape index (κ1) is 18.4. The number of hydrogen-bond acceptors (Lipinski definition) is 3. The number of rotatable bonds is 6. The summed E-state index contributed by atoms with van der Waals surface area (Å²) in [5, 5.41) is 2.70. The van der Waals surface area contributed by atoms with E-state index in [4.69, 9.17) is 11.6 Å². The first-order valence-electron chi connectivity index (χ1n) is 7.09. The van der Waals surface area contributed by atoms with E-state index in [1.165, 1.54) is 30.3 Å². The molecule has 0 aliphatic carbocycles. The molecule has 0 radical (unpaired) electrons. The minimum atomic E-state index is -3.75. The highest BCUT2D eigenvalue weighted by Gasteiger charge is 2.15. The predicted octanol–water partition coefficient (Wildman–Crippen LogP) is 3.09. The fraction of sp³-hybridized carbons (Fsp3) is 0.188. The lowest BCUT2D eigenvalue weighted by Gasteiger charge is -2.09. The highest BCUT2D eigenvalue weighted by Crippen LogP contribution is 2.16. The fourth-order valence-electron chi connectivity index (χ4n) is 1.95. The Labute approximate surface area is 144 Å². The van der Waals surface area contributed by atoms with Gasteiger partial charge in [-0.2, -0.15) is 0 Å². The van der Waals surface area contributed by atoms with Crippen LogP contribution in [0, 0.1) is 12.7 Å². The molecule has 8 heteroatoms. The summed E-state index contributed by atoms with van der Waals surface area (Å²) in [4.78, 5) is 11.8. The summed E-state index contributed by atoms with van der Waals surface area (Å²) in [5.74, 6) is -1.03.